The molecule has 7 heteroatoms. The van der Waals surface area contributed by atoms with E-state index in [0.717, 1.165) is 42.7 Å². The molecule has 2 unspecified atom stereocenters. The number of aliphatic hydroxyl groups is 1. The van der Waals surface area contributed by atoms with Crippen molar-refractivity contribution in [2.75, 3.05) is 33.1 Å². The van der Waals surface area contributed by atoms with Crippen LogP contribution >= 0.6 is 7.37 Å². The molecule has 1 aromatic carbocycles. The Morgan fingerprint density at radius 3 is 2.56 bits per heavy atom. The lowest BCUT2D eigenvalue weighted by Crippen LogP contribution is -2.32. The van der Waals surface area contributed by atoms with Crippen molar-refractivity contribution in [1.82, 2.24) is 5.32 Å². The molecule has 1 saturated carbocycles. The highest BCUT2D eigenvalue weighted by molar-refractivity contribution is 7.58. The maximum Gasteiger partial charge on any atom is 0.203 e. The van der Waals surface area contributed by atoms with E-state index in [-0.39, 0.29) is 18.7 Å². The number of nitrogens with one attached hydrogen (secondary N) is 1. The minimum atomic E-state index is -3.31. The number of hydrogen-bond donors (Lipinski definition) is 3. The van der Waals surface area contributed by atoms with Gasteiger partial charge in [-0.05, 0) is 43.9 Å². The third kappa shape index (κ3) is 7.11. The van der Waals surface area contributed by atoms with Gasteiger partial charge < -0.3 is 24.8 Å². The van der Waals surface area contributed by atoms with E-state index in [1.165, 1.54) is 6.42 Å². The van der Waals surface area contributed by atoms with Gasteiger partial charge in [0.15, 0.2) is 0 Å². The molecule has 154 valence electrons. The summed E-state index contributed by atoms with van der Waals surface area (Å²) in [5.74, 6) is 1.79. The van der Waals surface area contributed by atoms with Gasteiger partial charge in [-0.1, -0.05) is 19.3 Å². The predicted octanol–water partition coefficient (Wildman–Crippen LogP) is 3.57. The highest BCUT2D eigenvalue weighted by atomic mass is 31.2. The third-order valence-corrected chi connectivity index (χ3v) is 7.41. The molecule has 6 nitrogen and oxygen atoms in total. The van der Waals surface area contributed by atoms with Crippen LogP contribution in [0.3, 0.4) is 0 Å². The fourth-order valence-corrected chi connectivity index (χ4v) is 5.95. The van der Waals surface area contributed by atoms with Crippen LogP contribution < -0.4 is 14.8 Å². The highest BCUT2D eigenvalue weighted by Gasteiger charge is 2.28. The van der Waals surface area contributed by atoms with Crippen LogP contribution in [0.25, 0.3) is 0 Å². The van der Waals surface area contributed by atoms with Crippen LogP contribution in [0.2, 0.25) is 0 Å². The summed E-state index contributed by atoms with van der Waals surface area (Å²) in [6.45, 7) is 2.21. The van der Waals surface area contributed by atoms with Gasteiger partial charge >= 0.3 is 0 Å². The van der Waals surface area contributed by atoms with Crippen LogP contribution in [0.1, 0.15) is 50.6 Å². The van der Waals surface area contributed by atoms with E-state index in [2.05, 4.69) is 5.32 Å². The number of ether oxygens (including phenoxy) is 2. The summed E-state index contributed by atoms with van der Waals surface area (Å²) in [5.41, 5.74) is 0.915. The van der Waals surface area contributed by atoms with E-state index >= 15 is 0 Å². The first-order valence-corrected chi connectivity index (χ1v) is 11.8. The molecule has 0 bridgehead atoms. The molecule has 1 aromatic rings. The maximum atomic E-state index is 12.5. The Kier molecular flexibility index (Phi) is 8.62. The Morgan fingerprint density at radius 2 is 1.93 bits per heavy atom. The second-order valence-corrected chi connectivity index (χ2v) is 10.0. The summed E-state index contributed by atoms with van der Waals surface area (Å²) in [4.78, 5) is 10.3. The molecule has 0 aromatic heterocycles. The van der Waals surface area contributed by atoms with Crippen LogP contribution in [0.5, 0.6) is 11.5 Å². The first-order valence-electron chi connectivity index (χ1n) is 9.79. The SMILES string of the molecule is COc1ccc(OC)c(C(C)NC[C@@H](O)CP(=O)(O)CC2CCCCC2)c1. The molecule has 0 radical (unpaired) electrons. The third-order valence-electron chi connectivity index (χ3n) is 5.33. The van der Waals surface area contributed by atoms with Gasteiger partial charge in [-0.15, -0.1) is 0 Å². The first-order chi connectivity index (χ1) is 12.8. The van der Waals surface area contributed by atoms with Crippen molar-refractivity contribution in [2.45, 2.75) is 51.2 Å². The minimum absolute atomic E-state index is 0.0571. The van der Waals surface area contributed by atoms with Crippen LogP contribution in [0, 0.1) is 5.92 Å². The lowest BCUT2D eigenvalue weighted by atomic mass is 9.91. The van der Waals surface area contributed by atoms with Crippen LogP contribution in [-0.4, -0.2) is 49.2 Å². The number of rotatable bonds is 10. The van der Waals surface area contributed by atoms with Crippen molar-refractivity contribution < 1.29 is 24.0 Å². The molecule has 0 aliphatic heterocycles. The summed E-state index contributed by atoms with van der Waals surface area (Å²) in [7, 11) is -0.0908. The Balaban J connectivity index is 1.87. The second kappa shape index (κ2) is 10.5. The van der Waals surface area contributed by atoms with Gasteiger partial charge in [0.05, 0.1) is 26.5 Å². The van der Waals surface area contributed by atoms with Crippen LogP contribution in [0.15, 0.2) is 18.2 Å². The number of aliphatic hydroxyl groups excluding tert-OH is 1. The zero-order chi connectivity index (χ0) is 19.9. The molecule has 0 amide bonds. The number of hydrogen-bond acceptors (Lipinski definition) is 5. The van der Waals surface area contributed by atoms with Crippen molar-refractivity contribution in [3.8, 4) is 11.5 Å². The minimum Gasteiger partial charge on any atom is -0.497 e. The largest absolute Gasteiger partial charge is 0.497 e. The molecule has 27 heavy (non-hydrogen) atoms. The average Bonchev–Trinajstić information content (AvgIpc) is 2.65. The Bertz CT molecular complexity index is 633. The molecule has 3 atom stereocenters. The van der Waals surface area contributed by atoms with Gasteiger partial charge in [-0.25, -0.2) is 0 Å². The first kappa shape index (κ1) is 22.2. The van der Waals surface area contributed by atoms with Crippen molar-refractivity contribution in [3.63, 3.8) is 0 Å². The molecular formula is C20H34NO5P. The summed E-state index contributed by atoms with van der Waals surface area (Å²) >= 11 is 0. The Morgan fingerprint density at radius 1 is 1.22 bits per heavy atom. The van der Waals surface area contributed by atoms with Crippen LogP contribution in [-0.2, 0) is 4.57 Å². The van der Waals surface area contributed by atoms with E-state index in [1.54, 1.807) is 14.2 Å². The summed E-state index contributed by atoms with van der Waals surface area (Å²) in [6.07, 6.45) is 5.01. The normalized spacial score (nSPS) is 19.9. The Hall–Kier alpha value is -1.07. The molecular weight excluding hydrogens is 365 g/mol. The zero-order valence-electron chi connectivity index (χ0n) is 16.7. The van der Waals surface area contributed by atoms with Crippen molar-refractivity contribution >= 4 is 7.37 Å². The van der Waals surface area contributed by atoms with Gasteiger partial charge in [0, 0.05) is 24.3 Å². The smallest absolute Gasteiger partial charge is 0.203 e. The van der Waals surface area contributed by atoms with Gasteiger partial charge in [-0.3, -0.25) is 4.57 Å². The maximum absolute atomic E-state index is 12.5. The molecule has 3 N–H and O–H groups in total. The van der Waals surface area contributed by atoms with Gasteiger partial charge in [0.25, 0.3) is 0 Å². The summed E-state index contributed by atoms with van der Waals surface area (Å²) in [6, 6.07) is 5.47. The Labute approximate surface area is 162 Å². The van der Waals surface area contributed by atoms with E-state index in [1.807, 2.05) is 25.1 Å². The second-order valence-electron chi connectivity index (χ2n) is 7.61. The molecule has 0 saturated heterocycles. The molecule has 2 rings (SSSR count). The van der Waals surface area contributed by atoms with Crippen molar-refractivity contribution in [1.29, 1.82) is 0 Å². The molecule has 1 aliphatic carbocycles. The quantitative estimate of drug-likeness (QED) is 0.522. The van der Waals surface area contributed by atoms with Crippen molar-refractivity contribution in [3.05, 3.63) is 23.8 Å². The van der Waals surface area contributed by atoms with Gasteiger partial charge in [0.1, 0.15) is 11.5 Å². The fraction of sp³-hybridized carbons (Fsp3) is 0.700. The summed E-state index contributed by atoms with van der Waals surface area (Å²) < 4.78 is 23.2. The highest BCUT2D eigenvalue weighted by Crippen LogP contribution is 2.46. The monoisotopic (exact) mass is 399 g/mol. The lowest BCUT2D eigenvalue weighted by molar-refractivity contribution is 0.185. The number of benzene rings is 1. The van der Waals surface area contributed by atoms with Crippen LogP contribution in [0.4, 0.5) is 0 Å². The number of methoxy groups -OCH3 is 2. The zero-order valence-corrected chi connectivity index (χ0v) is 17.6. The van der Waals surface area contributed by atoms with E-state index in [9.17, 15) is 14.6 Å². The fourth-order valence-electron chi connectivity index (χ4n) is 3.84. The molecule has 0 heterocycles. The molecule has 1 fully saturated rings. The van der Waals surface area contributed by atoms with E-state index in [4.69, 9.17) is 9.47 Å². The average molecular weight is 399 g/mol. The van der Waals surface area contributed by atoms with E-state index < -0.39 is 13.5 Å². The van der Waals surface area contributed by atoms with Gasteiger partial charge in [-0.2, -0.15) is 0 Å². The van der Waals surface area contributed by atoms with E-state index in [0.29, 0.717) is 12.1 Å². The predicted molar refractivity (Wildman–Crippen MR) is 108 cm³/mol. The lowest BCUT2D eigenvalue weighted by Gasteiger charge is -2.25. The topological polar surface area (TPSA) is 88.0 Å². The van der Waals surface area contributed by atoms with Gasteiger partial charge in [0.2, 0.25) is 7.37 Å². The molecule has 1 aliphatic rings. The molecule has 0 spiro atoms. The van der Waals surface area contributed by atoms with Crippen molar-refractivity contribution in [2.24, 2.45) is 5.92 Å². The summed E-state index contributed by atoms with van der Waals surface area (Å²) in [5, 5.41) is 13.5. The standard InChI is InChI=1S/C20H34NO5P/c1-15(19-11-18(25-2)9-10-20(19)26-3)21-12-17(22)14-27(23,24)13-16-7-5-4-6-8-16/h9-11,15-17,21-22H,4-8,12-14H2,1-3H3,(H,23,24)/t15?,17-/m1/s1.